The van der Waals surface area contributed by atoms with Gasteiger partial charge in [-0.2, -0.15) is 0 Å². The predicted octanol–water partition coefficient (Wildman–Crippen LogP) is 15.3. The number of esters is 1. The van der Waals surface area contributed by atoms with Crippen molar-refractivity contribution in [1.29, 1.82) is 0 Å². The molecular formula is C56H103N2O7P. The number of quaternary nitrogens is 1. The van der Waals surface area contributed by atoms with Crippen molar-refractivity contribution in [3.63, 3.8) is 0 Å². The number of nitrogens with zero attached hydrogens (tertiary/aromatic N) is 1. The fourth-order valence-corrected chi connectivity index (χ4v) is 8.24. The van der Waals surface area contributed by atoms with Crippen LogP contribution in [-0.4, -0.2) is 69.4 Å². The van der Waals surface area contributed by atoms with E-state index in [4.69, 9.17) is 13.8 Å². The maximum absolute atomic E-state index is 13.4. The van der Waals surface area contributed by atoms with Gasteiger partial charge in [-0.15, -0.1) is 0 Å². The van der Waals surface area contributed by atoms with Crippen LogP contribution < -0.4 is 10.2 Å². The van der Waals surface area contributed by atoms with Gasteiger partial charge in [-0.3, -0.25) is 14.2 Å². The van der Waals surface area contributed by atoms with Gasteiger partial charge in [0.25, 0.3) is 7.82 Å². The molecule has 0 fully saturated rings. The maximum atomic E-state index is 13.4. The number of allylic oxidation sites excluding steroid dienone is 9. The Morgan fingerprint density at radius 3 is 1.50 bits per heavy atom. The van der Waals surface area contributed by atoms with Gasteiger partial charge in [-0.05, 0) is 76.7 Å². The number of hydrogen-bond donors (Lipinski definition) is 1. The molecule has 1 amide bonds. The Hall–Kier alpha value is -2.29. The quantitative estimate of drug-likeness (QED) is 0.0161. The summed E-state index contributed by atoms with van der Waals surface area (Å²) in [4.78, 5) is 39.7. The lowest BCUT2D eigenvalue weighted by Gasteiger charge is -2.30. The van der Waals surface area contributed by atoms with Gasteiger partial charge in [0, 0.05) is 12.8 Å². The zero-order valence-electron chi connectivity index (χ0n) is 43.6. The lowest BCUT2D eigenvalue weighted by Crippen LogP contribution is -2.47. The standard InChI is InChI=1S/C56H103N2O7P/c1-7-10-13-16-19-22-25-28-31-34-37-40-43-46-49-56(60)65-54(47-44-41-38-35-32-29-26-23-20-17-14-11-8-2)53(52-64-66(61,62)63-51-50-58(4,5)6)57-55(59)48-45-42-39-36-33-30-27-24-21-18-15-12-9-3/h12,15,18,21,24,27,31,34,44,47,53-54H,7-11,13-14,16-17,19-20,22-23,25-26,28-30,32-33,35-43,45-46,48-52H2,1-6H3,(H-,57,59,61,62)/b15-12+,21-18+,27-24-,34-31-,47-44+. The summed E-state index contributed by atoms with van der Waals surface area (Å²) in [5.74, 6) is -0.585. The number of hydrogen-bond acceptors (Lipinski definition) is 7. The van der Waals surface area contributed by atoms with E-state index in [9.17, 15) is 19.0 Å². The summed E-state index contributed by atoms with van der Waals surface area (Å²) in [5, 5.41) is 3.00. The molecule has 0 saturated carbocycles. The Morgan fingerprint density at radius 2 is 0.985 bits per heavy atom. The lowest BCUT2D eigenvalue weighted by molar-refractivity contribution is -0.870. The van der Waals surface area contributed by atoms with Gasteiger partial charge in [0.15, 0.2) is 0 Å². The molecule has 0 aromatic heterocycles. The van der Waals surface area contributed by atoms with E-state index < -0.39 is 26.6 Å². The second kappa shape index (κ2) is 46.4. The summed E-state index contributed by atoms with van der Waals surface area (Å²) in [7, 11) is 1.16. The molecular weight excluding hydrogens is 844 g/mol. The number of amides is 1. The molecule has 1 N–H and O–H groups in total. The average molecular weight is 947 g/mol. The third-order valence-electron chi connectivity index (χ3n) is 11.7. The van der Waals surface area contributed by atoms with E-state index in [-0.39, 0.29) is 31.3 Å². The second-order valence-corrected chi connectivity index (χ2v) is 20.8. The SMILES string of the molecule is CC/C=C/C=C/C=C\CCCCCCCC(=O)NC(COP(=O)([O-])OCC[N+](C)(C)C)C(/C=C/CCCCCCCCCCCCC)OC(=O)CCCCC/C=C\CCCCCCCCC. The minimum atomic E-state index is -4.70. The summed E-state index contributed by atoms with van der Waals surface area (Å²) in [5.41, 5.74) is 0. The van der Waals surface area contributed by atoms with Crippen molar-refractivity contribution in [1.82, 2.24) is 5.32 Å². The zero-order chi connectivity index (χ0) is 48.7. The summed E-state index contributed by atoms with van der Waals surface area (Å²) >= 11 is 0. The number of carbonyl (C=O) groups is 2. The second-order valence-electron chi connectivity index (χ2n) is 19.4. The smallest absolute Gasteiger partial charge is 0.306 e. The highest BCUT2D eigenvalue weighted by molar-refractivity contribution is 7.45. The van der Waals surface area contributed by atoms with Crippen molar-refractivity contribution in [3.8, 4) is 0 Å². The number of carbonyl (C=O) groups excluding carboxylic acids is 2. The van der Waals surface area contributed by atoms with Gasteiger partial charge in [-0.25, -0.2) is 0 Å². The van der Waals surface area contributed by atoms with Crippen LogP contribution in [0.5, 0.6) is 0 Å². The Morgan fingerprint density at radius 1 is 0.545 bits per heavy atom. The number of likely N-dealkylation sites (N-methyl/N-ethyl adjacent to an activating group) is 1. The van der Waals surface area contributed by atoms with Crippen LogP contribution >= 0.6 is 7.82 Å². The van der Waals surface area contributed by atoms with Crippen molar-refractivity contribution in [2.24, 2.45) is 0 Å². The van der Waals surface area contributed by atoms with E-state index in [1.807, 2.05) is 39.4 Å². The fourth-order valence-electron chi connectivity index (χ4n) is 7.52. The van der Waals surface area contributed by atoms with Crippen LogP contribution in [-0.2, 0) is 27.9 Å². The van der Waals surface area contributed by atoms with E-state index >= 15 is 0 Å². The monoisotopic (exact) mass is 947 g/mol. The molecule has 0 rings (SSSR count). The average Bonchev–Trinajstić information content (AvgIpc) is 3.27. The number of ether oxygens (including phenoxy) is 1. The van der Waals surface area contributed by atoms with E-state index in [2.05, 4.69) is 68.6 Å². The van der Waals surface area contributed by atoms with Crippen LogP contribution in [0.3, 0.4) is 0 Å². The van der Waals surface area contributed by atoms with Gasteiger partial charge < -0.3 is 28.5 Å². The molecule has 0 aromatic carbocycles. The van der Waals surface area contributed by atoms with Crippen LogP contribution in [0.2, 0.25) is 0 Å². The van der Waals surface area contributed by atoms with Crippen LogP contribution in [0.15, 0.2) is 60.8 Å². The molecule has 0 aromatic rings. The zero-order valence-corrected chi connectivity index (χ0v) is 44.5. The number of nitrogens with one attached hydrogen (secondary N) is 1. The minimum absolute atomic E-state index is 0.0302. The highest BCUT2D eigenvalue weighted by Gasteiger charge is 2.27. The molecule has 3 atom stereocenters. The largest absolute Gasteiger partial charge is 0.756 e. The lowest BCUT2D eigenvalue weighted by atomic mass is 10.0. The van der Waals surface area contributed by atoms with Crippen molar-refractivity contribution < 1.29 is 37.3 Å². The van der Waals surface area contributed by atoms with E-state index in [1.54, 1.807) is 0 Å². The van der Waals surface area contributed by atoms with Crippen LogP contribution in [0.4, 0.5) is 0 Å². The van der Waals surface area contributed by atoms with E-state index in [0.717, 1.165) is 83.5 Å². The Labute approximate surface area is 407 Å². The Balaban J connectivity index is 5.48. The molecule has 0 heterocycles. The molecule has 66 heavy (non-hydrogen) atoms. The van der Waals surface area contributed by atoms with Crippen molar-refractivity contribution in [2.45, 2.75) is 245 Å². The molecule has 0 aliphatic rings. The number of rotatable bonds is 48. The van der Waals surface area contributed by atoms with E-state index in [1.165, 1.54) is 103 Å². The molecule has 0 saturated heterocycles. The highest BCUT2D eigenvalue weighted by Crippen LogP contribution is 2.38. The summed E-state index contributed by atoms with van der Waals surface area (Å²) in [6, 6.07) is -0.904. The van der Waals surface area contributed by atoms with Gasteiger partial charge in [0.05, 0.1) is 33.8 Å². The fraction of sp³-hybridized carbons (Fsp3) is 0.786. The highest BCUT2D eigenvalue weighted by atomic mass is 31.2. The normalized spacial score (nSPS) is 14.3. The number of unbranched alkanes of at least 4 members (excludes halogenated alkanes) is 26. The molecule has 384 valence electrons. The molecule has 0 radical (unpaired) electrons. The Kier molecular flexibility index (Phi) is 44.8. The summed E-state index contributed by atoms with van der Waals surface area (Å²) < 4.78 is 30.1. The van der Waals surface area contributed by atoms with Gasteiger partial charge in [0.1, 0.15) is 19.3 Å². The third kappa shape index (κ3) is 46.8. The summed E-state index contributed by atoms with van der Waals surface area (Å²) in [6.45, 7) is 6.67. The van der Waals surface area contributed by atoms with E-state index in [0.29, 0.717) is 23.9 Å². The minimum Gasteiger partial charge on any atom is -0.756 e. The molecule has 9 nitrogen and oxygen atoms in total. The first kappa shape index (κ1) is 63.7. The summed E-state index contributed by atoms with van der Waals surface area (Å²) in [6.07, 6.45) is 56.1. The first-order valence-corrected chi connectivity index (χ1v) is 28.6. The van der Waals surface area contributed by atoms with Crippen LogP contribution in [0.25, 0.3) is 0 Å². The maximum Gasteiger partial charge on any atom is 0.306 e. The first-order valence-electron chi connectivity index (χ1n) is 27.1. The molecule has 3 unspecified atom stereocenters. The van der Waals surface area contributed by atoms with Gasteiger partial charge >= 0.3 is 5.97 Å². The topological polar surface area (TPSA) is 114 Å². The molecule has 0 bridgehead atoms. The van der Waals surface area contributed by atoms with Crippen molar-refractivity contribution in [2.75, 3.05) is 40.9 Å². The first-order chi connectivity index (χ1) is 31.9. The molecule has 10 heteroatoms. The van der Waals surface area contributed by atoms with Crippen LogP contribution in [0, 0.1) is 0 Å². The molecule has 0 aliphatic heterocycles. The van der Waals surface area contributed by atoms with Gasteiger partial charge in [-0.1, -0.05) is 204 Å². The Bertz CT molecular complexity index is 1320. The van der Waals surface area contributed by atoms with Gasteiger partial charge in [0.2, 0.25) is 5.91 Å². The molecule has 0 aliphatic carbocycles. The van der Waals surface area contributed by atoms with Crippen molar-refractivity contribution in [3.05, 3.63) is 60.8 Å². The van der Waals surface area contributed by atoms with Crippen LogP contribution in [0.1, 0.15) is 233 Å². The van der Waals surface area contributed by atoms with Crippen molar-refractivity contribution >= 4 is 19.7 Å². The molecule has 0 spiro atoms. The number of phosphoric ester groups is 1. The number of phosphoric acid groups is 1. The predicted molar refractivity (Wildman–Crippen MR) is 279 cm³/mol. The third-order valence-corrected chi connectivity index (χ3v) is 12.7.